The summed E-state index contributed by atoms with van der Waals surface area (Å²) in [6.07, 6.45) is 0. The molecule has 3 rings (SSSR count). The molecule has 1 heterocycles. The minimum atomic E-state index is -0.383. The number of nitriles is 1. The predicted molar refractivity (Wildman–Crippen MR) is 107 cm³/mol. The van der Waals surface area contributed by atoms with E-state index in [1.54, 1.807) is 50.4 Å². The molecule has 0 fully saturated rings. The molecule has 0 spiro atoms. The normalized spacial score (nSPS) is 10.1. The number of aryl methyl sites for hydroxylation is 2. The number of ether oxygens (including phenoxy) is 1. The van der Waals surface area contributed by atoms with Crippen LogP contribution in [0.1, 0.15) is 27.3 Å². The Labute approximate surface area is 163 Å². The van der Waals surface area contributed by atoms with E-state index in [9.17, 15) is 10.1 Å². The summed E-state index contributed by atoms with van der Waals surface area (Å²) in [4.78, 5) is 21.3. The van der Waals surface area contributed by atoms with Crippen LogP contribution in [0.15, 0.2) is 48.5 Å². The monoisotopic (exact) mass is 373 g/mol. The van der Waals surface area contributed by atoms with Gasteiger partial charge in [-0.15, -0.1) is 0 Å². The first-order valence-corrected chi connectivity index (χ1v) is 8.58. The van der Waals surface area contributed by atoms with Gasteiger partial charge >= 0.3 is 0 Å². The lowest BCUT2D eigenvalue weighted by Gasteiger charge is -2.12. The van der Waals surface area contributed by atoms with Gasteiger partial charge in [0.05, 0.1) is 24.0 Å². The molecule has 0 radical (unpaired) electrons. The molecular formula is C21H19N5O2. The second-order valence-corrected chi connectivity index (χ2v) is 6.16. The zero-order valence-electron chi connectivity index (χ0n) is 15.8. The van der Waals surface area contributed by atoms with E-state index < -0.39 is 0 Å². The highest BCUT2D eigenvalue weighted by molar-refractivity contribution is 6.04. The molecule has 0 aliphatic carbocycles. The third-order valence-electron chi connectivity index (χ3n) is 3.98. The Morgan fingerprint density at radius 3 is 2.61 bits per heavy atom. The van der Waals surface area contributed by atoms with Gasteiger partial charge in [-0.25, -0.2) is 9.97 Å². The highest BCUT2D eigenvalue weighted by Gasteiger charge is 2.14. The number of nitrogens with one attached hydrogen (secondary N) is 2. The average molecular weight is 373 g/mol. The van der Waals surface area contributed by atoms with Crippen molar-refractivity contribution in [1.29, 1.82) is 5.26 Å². The molecule has 0 unspecified atom stereocenters. The molecule has 0 aliphatic heterocycles. The fourth-order valence-corrected chi connectivity index (χ4v) is 2.66. The summed E-state index contributed by atoms with van der Waals surface area (Å²) in [6, 6.07) is 16.2. The van der Waals surface area contributed by atoms with Gasteiger partial charge in [0.25, 0.3) is 5.91 Å². The van der Waals surface area contributed by atoms with Crippen LogP contribution in [0.5, 0.6) is 5.75 Å². The average Bonchev–Trinajstić information content (AvgIpc) is 2.68. The Morgan fingerprint density at radius 1 is 1.07 bits per heavy atom. The minimum Gasteiger partial charge on any atom is -0.495 e. The molecule has 0 atom stereocenters. The highest BCUT2D eigenvalue weighted by Crippen LogP contribution is 2.26. The number of aromatic nitrogens is 2. The maximum atomic E-state index is 12.7. The van der Waals surface area contributed by atoms with Gasteiger partial charge in [-0.2, -0.15) is 5.26 Å². The molecule has 0 saturated carbocycles. The zero-order chi connectivity index (χ0) is 20.1. The molecule has 2 aromatic carbocycles. The molecule has 0 aliphatic rings. The van der Waals surface area contributed by atoms with Gasteiger partial charge in [0.2, 0.25) is 5.95 Å². The Morgan fingerprint density at radius 2 is 1.86 bits per heavy atom. The van der Waals surface area contributed by atoms with Crippen molar-refractivity contribution in [2.75, 3.05) is 17.7 Å². The molecule has 2 N–H and O–H groups in total. The fraction of sp³-hybridized carbons (Fsp3) is 0.143. The number of carbonyl (C=O) groups excluding carboxylic acids is 1. The summed E-state index contributed by atoms with van der Waals surface area (Å²) in [7, 11) is 1.55. The van der Waals surface area contributed by atoms with Crippen LogP contribution in [0.25, 0.3) is 0 Å². The summed E-state index contributed by atoms with van der Waals surface area (Å²) in [5, 5.41) is 15.1. The summed E-state index contributed by atoms with van der Waals surface area (Å²) in [6.45, 7) is 3.70. The Hall–Kier alpha value is -3.92. The molecule has 3 aromatic rings. The van der Waals surface area contributed by atoms with Crippen LogP contribution in [0, 0.1) is 25.2 Å². The van der Waals surface area contributed by atoms with Gasteiger partial charge in [-0.05, 0) is 49.7 Å². The standard InChI is InChI=1S/C21H19N5O2/c1-13-8-9-19(28-3)17(10-13)24-20(27)18-11-14(2)23-21(26-18)25-16-7-5-4-6-15(16)12-22/h4-11H,1-3H3,(H,24,27)(H,23,25,26). The van der Waals surface area contributed by atoms with Crippen molar-refractivity contribution in [1.82, 2.24) is 9.97 Å². The van der Waals surface area contributed by atoms with Crippen LogP contribution in [0.4, 0.5) is 17.3 Å². The molecule has 1 aromatic heterocycles. The number of para-hydroxylation sites is 1. The molecule has 1 amide bonds. The van der Waals surface area contributed by atoms with Crippen molar-refractivity contribution in [2.24, 2.45) is 0 Å². The third-order valence-corrected chi connectivity index (χ3v) is 3.98. The van der Waals surface area contributed by atoms with Crippen molar-refractivity contribution in [3.8, 4) is 11.8 Å². The third kappa shape index (κ3) is 4.24. The number of hydrogen-bond acceptors (Lipinski definition) is 6. The van der Waals surface area contributed by atoms with Crippen molar-refractivity contribution < 1.29 is 9.53 Å². The van der Waals surface area contributed by atoms with Gasteiger partial charge in [0.15, 0.2) is 0 Å². The molecular weight excluding hydrogens is 354 g/mol. The van der Waals surface area contributed by atoms with Crippen LogP contribution in [-0.2, 0) is 0 Å². The van der Waals surface area contributed by atoms with Gasteiger partial charge in [0.1, 0.15) is 17.5 Å². The van der Waals surface area contributed by atoms with Gasteiger partial charge in [-0.1, -0.05) is 18.2 Å². The Balaban J connectivity index is 1.88. The zero-order valence-corrected chi connectivity index (χ0v) is 15.8. The number of carbonyl (C=O) groups is 1. The smallest absolute Gasteiger partial charge is 0.274 e. The fourth-order valence-electron chi connectivity index (χ4n) is 2.66. The summed E-state index contributed by atoms with van der Waals surface area (Å²) >= 11 is 0. The minimum absolute atomic E-state index is 0.202. The molecule has 7 nitrogen and oxygen atoms in total. The number of hydrogen-bond donors (Lipinski definition) is 2. The second-order valence-electron chi connectivity index (χ2n) is 6.16. The number of amides is 1. The van der Waals surface area contributed by atoms with Crippen molar-refractivity contribution >= 4 is 23.2 Å². The van der Waals surface area contributed by atoms with Crippen LogP contribution in [-0.4, -0.2) is 23.0 Å². The van der Waals surface area contributed by atoms with Gasteiger partial charge in [0, 0.05) is 5.69 Å². The van der Waals surface area contributed by atoms with Crippen molar-refractivity contribution in [2.45, 2.75) is 13.8 Å². The summed E-state index contributed by atoms with van der Waals surface area (Å²) < 4.78 is 5.30. The Bertz CT molecular complexity index is 1070. The van der Waals surface area contributed by atoms with E-state index in [2.05, 4.69) is 26.7 Å². The topological polar surface area (TPSA) is 99.9 Å². The molecule has 0 saturated heterocycles. The first kappa shape index (κ1) is 18.9. The number of methoxy groups -OCH3 is 1. The lowest BCUT2D eigenvalue weighted by molar-refractivity contribution is 0.102. The second kappa shape index (κ2) is 8.18. The predicted octanol–water partition coefficient (Wildman–Crippen LogP) is 3.97. The van der Waals surface area contributed by atoms with Gasteiger partial charge < -0.3 is 15.4 Å². The van der Waals surface area contributed by atoms with Crippen molar-refractivity contribution in [3.63, 3.8) is 0 Å². The number of nitrogens with zero attached hydrogens (tertiary/aromatic N) is 3. The van der Waals surface area contributed by atoms with E-state index >= 15 is 0 Å². The van der Waals surface area contributed by atoms with Crippen LogP contribution in [0.3, 0.4) is 0 Å². The number of anilines is 3. The summed E-state index contributed by atoms with van der Waals surface area (Å²) in [5.74, 6) is 0.418. The van der Waals surface area contributed by atoms with Crippen molar-refractivity contribution in [3.05, 3.63) is 71.0 Å². The maximum absolute atomic E-state index is 12.7. The summed E-state index contributed by atoms with van der Waals surface area (Å²) in [5.41, 5.74) is 3.41. The number of benzene rings is 2. The van der Waals surface area contributed by atoms with E-state index in [1.807, 2.05) is 19.1 Å². The molecule has 7 heteroatoms. The highest BCUT2D eigenvalue weighted by atomic mass is 16.5. The van der Waals surface area contributed by atoms with E-state index in [0.717, 1.165) is 5.56 Å². The first-order chi connectivity index (χ1) is 13.5. The molecule has 28 heavy (non-hydrogen) atoms. The SMILES string of the molecule is COc1ccc(C)cc1NC(=O)c1cc(C)nc(Nc2ccccc2C#N)n1. The quantitative estimate of drug-likeness (QED) is 0.702. The van der Waals surface area contributed by atoms with Crippen LogP contribution >= 0.6 is 0 Å². The van der Waals surface area contributed by atoms with E-state index in [-0.39, 0.29) is 17.5 Å². The lowest BCUT2D eigenvalue weighted by Crippen LogP contribution is -2.16. The van der Waals surface area contributed by atoms with Crippen LogP contribution in [0.2, 0.25) is 0 Å². The first-order valence-electron chi connectivity index (χ1n) is 8.58. The number of rotatable bonds is 5. The maximum Gasteiger partial charge on any atom is 0.274 e. The van der Waals surface area contributed by atoms with Gasteiger partial charge in [-0.3, -0.25) is 4.79 Å². The largest absolute Gasteiger partial charge is 0.495 e. The van der Waals surface area contributed by atoms with E-state index in [1.165, 1.54) is 0 Å². The lowest BCUT2D eigenvalue weighted by atomic mass is 10.2. The van der Waals surface area contributed by atoms with E-state index in [0.29, 0.717) is 28.4 Å². The van der Waals surface area contributed by atoms with Crippen LogP contribution < -0.4 is 15.4 Å². The van der Waals surface area contributed by atoms with E-state index in [4.69, 9.17) is 4.74 Å². The molecule has 140 valence electrons. The molecule has 0 bridgehead atoms. The Kier molecular flexibility index (Phi) is 5.51.